The zero-order valence-corrected chi connectivity index (χ0v) is 19.7. The topological polar surface area (TPSA) is 137 Å². The molecule has 0 bridgehead atoms. The Balaban J connectivity index is 1.41. The summed E-state index contributed by atoms with van der Waals surface area (Å²) in [7, 11) is 0. The van der Waals surface area contributed by atoms with Gasteiger partial charge in [0.15, 0.2) is 29.5 Å². The molecule has 0 unspecified atom stereocenters. The van der Waals surface area contributed by atoms with Crippen molar-refractivity contribution in [1.29, 1.82) is 0 Å². The van der Waals surface area contributed by atoms with E-state index >= 15 is 0 Å². The normalized spacial score (nSPS) is 18.2. The number of nitrogen functional groups attached to an aromatic ring is 1. The summed E-state index contributed by atoms with van der Waals surface area (Å²) in [6.45, 7) is 2.26. The van der Waals surface area contributed by atoms with Crippen LogP contribution in [0.1, 0.15) is 90.2 Å². The molecule has 3 rings (SSSR count). The summed E-state index contributed by atoms with van der Waals surface area (Å²) in [5.41, 5.74) is 6.75. The highest BCUT2D eigenvalue weighted by Crippen LogP contribution is 2.27. The average Bonchev–Trinajstić information content (AvgIpc) is 3.44. The van der Waals surface area contributed by atoms with Crippen LogP contribution in [0.4, 0.5) is 11.8 Å². The minimum atomic E-state index is -0.684. The number of amides is 1. The van der Waals surface area contributed by atoms with Crippen LogP contribution in [-0.2, 0) is 14.3 Å². The molecule has 2 aromatic rings. The van der Waals surface area contributed by atoms with Gasteiger partial charge in [0.1, 0.15) is 0 Å². The maximum absolute atomic E-state index is 12.5. The van der Waals surface area contributed by atoms with Gasteiger partial charge in [-0.3, -0.25) is 9.36 Å². The predicted octanol–water partition coefficient (Wildman–Crippen LogP) is 3.91. The van der Waals surface area contributed by atoms with E-state index in [0.29, 0.717) is 23.4 Å². The van der Waals surface area contributed by atoms with E-state index in [1.165, 1.54) is 51.4 Å². The summed E-state index contributed by atoms with van der Waals surface area (Å²) < 4.78 is 12.6. The first-order chi connectivity index (χ1) is 16.1. The van der Waals surface area contributed by atoms with Gasteiger partial charge < -0.3 is 25.6 Å². The molecule has 10 nitrogen and oxygen atoms in total. The van der Waals surface area contributed by atoms with E-state index in [-0.39, 0.29) is 25.1 Å². The number of carbonyl (C=O) groups excluding carboxylic acids is 1. The van der Waals surface area contributed by atoms with Crippen molar-refractivity contribution < 1.29 is 19.4 Å². The number of aromatic nitrogens is 4. The largest absolute Gasteiger partial charge is 0.391 e. The number of aliphatic hydroxyl groups excluding tert-OH is 1. The lowest BCUT2D eigenvalue weighted by atomic mass is 10.1. The Morgan fingerprint density at radius 2 is 1.79 bits per heavy atom. The van der Waals surface area contributed by atoms with Gasteiger partial charge in [-0.1, -0.05) is 71.1 Å². The fraction of sp³-hybridized carbons (Fsp3) is 0.739. The number of aliphatic hydroxyl groups is 1. The summed E-state index contributed by atoms with van der Waals surface area (Å²) >= 11 is 0. The van der Waals surface area contributed by atoms with Crippen molar-refractivity contribution in [2.24, 2.45) is 0 Å². The number of anilines is 2. The molecule has 2 aromatic heterocycles. The van der Waals surface area contributed by atoms with Crippen LogP contribution in [0, 0.1) is 0 Å². The number of hydrogen-bond acceptors (Lipinski definition) is 8. The molecule has 0 aromatic carbocycles. The van der Waals surface area contributed by atoms with Gasteiger partial charge in [0, 0.05) is 6.42 Å². The van der Waals surface area contributed by atoms with E-state index in [1.807, 2.05) is 0 Å². The van der Waals surface area contributed by atoms with Crippen molar-refractivity contribution in [3.8, 4) is 0 Å². The second kappa shape index (κ2) is 13.4. The van der Waals surface area contributed by atoms with Crippen molar-refractivity contribution in [2.45, 2.75) is 96.5 Å². The smallest absolute Gasteiger partial charge is 0.225 e. The lowest BCUT2D eigenvalue weighted by molar-refractivity contribution is -0.116. The van der Waals surface area contributed by atoms with Crippen molar-refractivity contribution in [3.63, 3.8) is 0 Å². The summed E-state index contributed by atoms with van der Waals surface area (Å²) in [4.78, 5) is 25.2. The van der Waals surface area contributed by atoms with E-state index in [2.05, 4.69) is 27.2 Å². The number of imidazole rings is 1. The Bertz CT molecular complexity index is 874. The molecule has 0 radical (unpaired) electrons. The highest BCUT2D eigenvalue weighted by molar-refractivity contribution is 5.97. The highest BCUT2D eigenvalue weighted by Gasteiger charge is 2.29. The van der Waals surface area contributed by atoms with Crippen LogP contribution < -0.4 is 11.1 Å². The molecular formula is C23H38N6O4. The van der Waals surface area contributed by atoms with Crippen molar-refractivity contribution in [3.05, 3.63) is 6.33 Å². The quantitative estimate of drug-likeness (QED) is 0.339. The number of fused-ring (bicyclic) bond motifs is 1. The molecule has 3 heterocycles. The van der Waals surface area contributed by atoms with Crippen molar-refractivity contribution in [2.75, 3.05) is 24.3 Å². The van der Waals surface area contributed by atoms with Crippen molar-refractivity contribution >= 4 is 28.8 Å². The van der Waals surface area contributed by atoms with Crippen molar-refractivity contribution in [1.82, 2.24) is 19.5 Å². The number of hydrogen-bond donors (Lipinski definition) is 3. The third-order valence-electron chi connectivity index (χ3n) is 5.90. The van der Waals surface area contributed by atoms with Crippen LogP contribution in [0.5, 0.6) is 0 Å². The number of carbonyl (C=O) groups is 1. The number of ether oxygens (including phenoxy) is 2. The fourth-order valence-corrected chi connectivity index (χ4v) is 4.06. The van der Waals surface area contributed by atoms with Crippen LogP contribution in [0.25, 0.3) is 11.2 Å². The summed E-state index contributed by atoms with van der Waals surface area (Å²) in [5, 5.41) is 12.0. The van der Waals surface area contributed by atoms with Gasteiger partial charge >= 0.3 is 0 Å². The number of nitrogens with zero attached hydrogens (tertiary/aromatic N) is 4. The second-order valence-electron chi connectivity index (χ2n) is 8.62. The van der Waals surface area contributed by atoms with Gasteiger partial charge in [0.25, 0.3) is 0 Å². The zero-order valence-electron chi connectivity index (χ0n) is 19.7. The first kappa shape index (κ1) is 25.3. The molecule has 184 valence electrons. The van der Waals surface area contributed by atoms with Crippen LogP contribution in [0.15, 0.2) is 6.33 Å². The molecule has 1 aliphatic rings. The molecule has 2 atom stereocenters. The summed E-state index contributed by atoms with van der Waals surface area (Å²) in [6.07, 6.45) is 14.4. The minimum absolute atomic E-state index is 0.0341. The molecule has 1 amide bonds. The molecule has 0 spiro atoms. The van der Waals surface area contributed by atoms with Gasteiger partial charge in [-0.25, -0.2) is 4.98 Å². The molecule has 1 aliphatic heterocycles. The highest BCUT2D eigenvalue weighted by atomic mass is 16.7. The van der Waals surface area contributed by atoms with E-state index in [9.17, 15) is 9.90 Å². The first-order valence-corrected chi connectivity index (χ1v) is 12.3. The standard InChI is InChI=1S/C23H38N6O4/c1-2-3-4-5-6-7-8-9-10-11-12-13-17(31)26-21-20-22(28-23(24)27-21)29(16-25-20)18-15-32-19(14-30)33-18/h16,18-19,30H,2-15H2,1H3,(H3,24,26,27,28,31)/t18-,19-/m1/s1. The average molecular weight is 463 g/mol. The van der Waals surface area contributed by atoms with E-state index in [0.717, 1.165) is 19.3 Å². The van der Waals surface area contributed by atoms with Gasteiger partial charge in [-0.2, -0.15) is 9.97 Å². The molecular weight excluding hydrogens is 424 g/mol. The van der Waals surface area contributed by atoms with E-state index in [1.54, 1.807) is 10.9 Å². The Hall–Kier alpha value is -2.30. The maximum Gasteiger partial charge on any atom is 0.225 e. The van der Waals surface area contributed by atoms with Gasteiger partial charge in [-0.15, -0.1) is 0 Å². The summed E-state index contributed by atoms with van der Waals surface area (Å²) in [6, 6.07) is 0. The van der Waals surface area contributed by atoms with Gasteiger partial charge in [-0.05, 0) is 6.42 Å². The number of nitrogens with one attached hydrogen (secondary N) is 1. The first-order valence-electron chi connectivity index (χ1n) is 12.3. The Labute approximate surface area is 195 Å². The zero-order chi connectivity index (χ0) is 23.5. The van der Waals surface area contributed by atoms with Crippen LogP contribution in [-0.4, -0.2) is 50.0 Å². The number of rotatable bonds is 15. The van der Waals surface area contributed by atoms with Crippen LogP contribution in [0.2, 0.25) is 0 Å². The third-order valence-corrected chi connectivity index (χ3v) is 5.90. The number of nitrogens with two attached hydrogens (primary N) is 1. The Morgan fingerprint density at radius 3 is 2.42 bits per heavy atom. The minimum Gasteiger partial charge on any atom is -0.391 e. The molecule has 0 aliphatic carbocycles. The predicted molar refractivity (Wildman–Crippen MR) is 126 cm³/mol. The van der Waals surface area contributed by atoms with E-state index < -0.39 is 12.5 Å². The maximum atomic E-state index is 12.5. The summed E-state index contributed by atoms with van der Waals surface area (Å²) in [5.74, 6) is 0.217. The molecule has 0 saturated carbocycles. The van der Waals surface area contributed by atoms with Gasteiger partial charge in [0.2, 0.25) is 11.9 Å². The van der Waals surface area contributed by atoms with Gasteiger partial charge in [0.05, 0.1) is 19.5 Å². The number of unbranched alkanes of at least 4 members (excludes halogenated alkanes) is 10. The van der Waals surface area contributed by atoms with Crippen LogP contribution >= 0.6 is 0 Å². The SMILES string of the molecule is CCCCCCCCCCCCCC(=O)Nc1nc(N)nc2c1ncn2[C@H]1CO[C@@H](CO)O1. The second-order valence-corrected chi connectivity index (χ2v) is 8.62. The Kier molecular flexibility index (Phi) is 10.3. The fourth-order valence-electron chi connectivity index (χ4n) is 4.06. The molecule has 33 heavy (non-hydrogen) atoms. The monoisotopic (exact) mass is 462 g/mol. The van der Waals surface area contributed by atoms with E-state index in [4.69, 9.17) is 15.2 Å². The molecule has 4 N–H and O–H groups in total. The lowest BCUT2D eigenvalue weighted by Crippen LogP contribution is -2.16. The molecule has 1 fully saturated rings. The lowest BCUT2D eigenvalue weighted by Gasteiger charge is -2.12. The molecule has 10 heteroatoms. The Morgan fingerprint density at radius 1 is 1.12 bits per heavy atom. The molecule has 1 saturated heterocycles. The third kappa shape index (κ3) is 7.62. The van der Waals surface area contributed by atoms with Crippen LogP contribution in [0.3, 0.4) is 0 Å².